The summed E-state index contributed by atoms with van der Waals surface area (Å²) >= 11 is 0. The van der Waals surface area contributed by atoms with Gasteiger partial charge in [0.2, 0.25) is 15.9 Å². The predicted octanol–water partition coefficient (Wildman–Crippen LogP) is 2.20. The van der Waals surface area contributed by atoms with Crippen molar-refractivity contribution in [2.75, 3.05) is 11.4 Å². The number of sulfonamides is 1. The second-order valence-corrected chi connectivity index (χ2v) is 8.11. The molecule has 0 unspecified atom stereocenters. The van der Waals surface area contributed by atoms with E-state index in [1.807, 2.05) is 0 Å². The van der Waals surface area contributed by atoms with Crippen LogP contribution in [-0.4, -0.2) is 26.4 Å². The van der Waals surface area contributed by atoms with Gasteiger partial charge in [0.15, 0.2) is 0 Å². The molecule has 2 rings (SSSR count). The molecule has 1 heterocycles. The van der Waals surface area contributed by atoms with Gasteiger partial charge in [0.1, 0.15) is 0 Å². The van der Waals surface area contributed by atoms with Gasteiger partial charge in [-0.2, -0.15) is 0 Å². The Morgan fingerprint density at radius 2 is 1.90 bits per heavy atom. The molecule has 1 aromatic carbocycles. The summed E-state index contributed by atoms with van der Waals surface area (Å²) in [6, 6.07) is 5.04. The lowest BCUT2D eigenvalue weighted by Gasteiger charge is -2.22. The number of nitrogens with zero attached hydrogens (tertiary/aromatic N) is 1. The molecule has 1 aromatic rings. The SMILES string of the molecule is Cc1cc(N2CCCC2=O)ccc1S(=O)(=O)NC(C)(C)C. The molecule has 1 amide bonds. The van der Waals surface area contributed by atoms with Gasteiger partial charge in [-0.25, -0.2) is 13.1 Å². The van der Waals surface area contributed by atoms with Crippen LogP contribution in [0.1, 0.15) is 39.2 Å². The first-order chi connectivity index (χ1) is 9.60. The summed E-state index contributed by atoms with van der Waals surface area (Å²) in [5.41, 5.74) is 0.878. The van der Waals surface area contributed by atoms with Crippen molar-refractivity contribution in [3.8, 4) is 0 Å². The van der Waals surface area contributed by atoms with Crippen molar-refractivity contribution < 1.29 is 13.2 Å². The first-order valence-corrected chi connectivity index (χ1v) is 8.53. The molecule has 0 aliphatic carbocycles. The number of anilines is 1. The number of benzene rings is 1. The first kappa shape index (κ1) is 16.0. The molecule has 6 heteroatoms. The zero-order valence-corrected chi connectivity index (χ0v) is 13.8. The first-order valence-electron chi connectivity index (χ1n) is 7.05. The zero-order valence-electron chi connectivity index (χ0n) is 12.9. The van der Waals surface area contributed by atoms with E-state index < -0.39 is 15.6 Å². The Kier molecular flexibility index (Phi) is 4.13. The minimum atomic E-state index is -3.56. The van der Waals surface area contributed by atoms with Gasteiger partial charge in [0, 0.05) is 24.2 Å². The number of hydrogen-bond donors (Lipinski definition) is 1. The standard InChI is InChI=1S/C15H22N2O3S/c1-11-10-12(17-9-5-6-14(17)18)7-8-13(11)21(19,20)16-15(2,3)4/h7-8,10,16H,5-6,9H2,1-4H3. The Bertz CT molecular complexity index is 660. The molecular formula is C15H22N2O3S. The average molecular weight is 310 g/mol. The van der Waals surface area contributed by atoms with E-state index in [4.69, 9.17) is 0 Å². The summed E-state index contributed by atoms with van der Waals surface area (Å²) < 4.78 is 27.4. The molecule has 21 heavy (non-hydrogen) atoms. The van der Waals surface area contributed by atoms with Gasteiger partial charge in [-0.3, -0.25) is 4.79 Å². The van der Waals surface area contributed by atoms with Gasteiger partial charge in [0.05, 0.1) is 4.90 Å². The summed E-state index contributed by atoms with van der Waals surface area (Å²) in [5.74, 6) is 0.0952. The van der Waals surface area contributed by atoms with Crippen molar-refractivity contribution in [2.24, 2.45) is 0 Å². The van der Waals surface area contributed by atoms with Crippen molar-refractivity contribution in [1.82, 2.24) is 4.72 Å². The third-order valence-corrected chi connectivity index (χ3v) is 5.19. The van der Waals surface area contributed by atoms with Crippen molar-refractivity contribution in [3.63, 3.8) is 0 Å². The Hall–Kier alpha value is -1.40. The minimum Gasteiger partial charge on any atom is -0.312 e. The summed E-state index contributed by atoms with van der Waals surface area (Å²) in [5, 5.41) is 0. The minimum absolute atomic E-state index is 0.0952. The fraction of sp³-hybridized carbons (Fsp3) is 0.533. The smallest absolute Gasteiger partial charge is 0.241 e. The maximum atomic E-state index is 12.4. The summed E-state index contributed by atoms with van der Waals surface area (Å²) in [6.45, 7) is 7.86. The van der Waals surface area contributed by atoms with Crippen molar-refractivity contribution in [1.29, 1.82) is 0 Å². The van der Waals surface area contributed by atoms with E-state index in [1.54, 1.807) is 50.8 Å². The quantitative estimate of drug-likeness (QED) is 0.930. The van der Waals surface area contributed by atoms with Gasteiger partial charge in [-0.15, -0.1) is 0 Å². The van der Waals surface area contributed by atoms with E-state index in [0.29, 0.717) is 18.5 Å². The van der Waals surface area contributed by atoms with Crippen LogP contribution < -0.4 is 9.62 Å². The Balaban J connectivity index is 2.34. The number of amides is 1. The van der Waals surface area contributed by atoms with Crippen LogP contribution in [0.2, 0.25) is 0 Å². The largest absolute Gasteiger partial charge is 0.312 e. The molecule has 1 N–H and O–H groups in total. The monoisotopic (exact) mass is 310 g/mol. The molecular weight excluding hydrogens is 288 g/mol. The van der Waals surface area contributed by atoms with E-state index in [-0.39, 0.29) is 10.8 Å². The third kappa shape index (κ3) is 3.63. The highest BCUT2D eigenvalue weighted by Crippen LogP contribution is 2.26. The van der Waals surface area contributed by atoms with E-state index in [1.165, 1.54) is 0 Å². The van der Waals surface area contributed by atoms with Crippen LogP contribution in [0, 0.1) is 6.92 Å². The molecule has 0 atom stereocenters. The van der Waals surface area contributed by atoms with Gasteiger partial charge >= 0.3 is 0 Å². The number of carbonyl (C=O) groups excluding carboxylic acids is 1. The average Bonchev–Trinajstić information content (AvgIpc) is 2.71. The zero-order chi connectivity index (χ0) is 15.8. The second-order valence-electron chi connectivity index (χ2n) is 6.45. The van der Waals surface area contributed by atoms with Gasteiger partial charge in [-0.1, -0.05) is 0 Å². The summed E-state index contributed by atoms with van der Waals surface area (Å²) in [7, 11) is -3.56. The topological polar surface area (TPSA) is 66.5 Å². The highest BCUT2D eigenvalue weighted by molar-refractivity contribution is 7.89. The van der Waals surface area contributed by atoms with Crippen LogP contribution in [0.25, 0.3) is 0 Å². The molecule has 1 aliphatic heterocycles. The van der Waals surface area contributed by atoms with Crippen molar-refractivity contribution >= 4 is 21.6 Å². The van der Waals surface area contributed by atoms with Crippen LogP contribution >= 0.6 is 0 Å². The Morgan fingerprint density at radius 3 is 2.38 bits per heavy atom. The highest BCUT2D eigenvalue weighted by Gasteiger charge is 2.26. The Morgan fingerprint density at radius 1 is 1.24 bits per heavy atom. The molecule has 0 aromatic heterocycles. The van der Waals surface area contributed by atoms with Crippen LogP contribution in [0.3, 0.4) is 0 Å². The number of rotatable bonds is 3. The fourth-order valence-electron chi connectivity index (χ4n) is 2.48. The van der Waals surface area contributed by atoms with Crippen LogP contribution in [0.5, 0.6) is 0 Å². The van der Waals surface area contributed by atoms with Crippen molar-refractivity contribution in [2.45, 2.75) is 51.0 Å². The number of aryl methyl sites for hydroxylation is 1. The maximum absolute atomic E-state index is 12.4. The highest BCUT2D eigenvalue weighted by atomic mass is 32.2. The molecule has 0 bridgehead atoms. The number of carbonyl (C=O) groups is 1. The lowest BCUT2D eigenvalue weighted by Crippen LogP contribution is -2.40. The molecule has 1 saturated heterocycles. The fourth-order valence-corrected chi connectivity index (χ4v) is 4.13. The molecule has 1 aliphatic rings. The normalized spacial score (nSPS) is 16.6. The van der Waals surface area contributed by atoms with Crippen LogP contribution in [0.15, 0.2) is 23.1 Å². The van der Waals surface area contributed by atoms with E-state index >= 15 is 0 Å². The molecule has 1 fully saturated rings. The summed E-state index contributed by atoms with van der Waals surface area (Å²) in [6.07, 6.45) is 1.41. The summed E-state index contributed by atoms with van der Waals surface area (Å²) in [4.78, 5) is 13.7. The number of hydrogen-bond acceptors (Lipinski definition) is 3. The lowest BCUT2D eigenvalue weighted by atomic mass is 10.1. The third-order valence-electron chi connectivity index (χ3n) is 3.27. The van der Waals surface area contributed by atoms with Gasteiger partial charge in [0.25, 0.3) is 0 Å². The van der Waals surface area contributed by atoms with Crippen LogP contribution in [-0.2, 0) is 14.8 Å². The van der Waals surface area contributed by atoms with E-state index in [0.717, 1.165) is 12.1 Å². The molecule has 0 saturated carbocycles. The van der Waals surface area contributed by atoms with Gasteiger partial charge in [-0.05, 0) is 57.9 Å². The molecule has 5 nitrogen and oxygen atoms in total. The van der Waals surface area contributed by atoms with Crippen LogP contribution in [0.4, 0.5) is 5.69 Å². The van der Waals surface area contributed by atoms with Gasteiger partial charge < -0.3 is 4.90 Å². The molecule has 116 valence electrons. The van der Waals surface area contributed by atoms with E-state index in [2.05, 4.69) is 4.72 Å². The molecule has 0 radical (unpaired) electrons. The predicted molar refractivity (Wildman–Crippen MR) is 82.8 cm³/mol. The van der Waals surface area contributed by atoms with E-state index in [9.17, 15) is 13.2 Å². The number of nitrogens with one attached hydrogen (secondary N) is 1. The lowest BCUT2D eigenvalue weighted by molar-refractivity contribution is -0.117. The molecule has 0 spiro atoms. The van der Waals surface area contributed by atoms with Crippen molar-refractivity contribution in [3.05, 3.63) is 23.8 Å². The maximum Gasteiger partial charge on any atom is 0.241 e. The second kappa shape index (κ2) is 5.42. The Labute approximate surface area is 126 Å².